The van der Waals surface area contributed by atoms with Crippen molar-refractivity contribution < 1.29 is 12.8 Å². The average Bonchev–Trinajstić information content (AvgIpc) is 2.78. The zero-order chi connectivity index (χ0) is 12.3. The third-order valence-electron chi connectivity index (χ3n) is 2.23. The number of furan rings is 1. The Bertz CT molecular complexity index is 574. The van der Waals surface area contributed by atoms with E-state index in [1.807, 2.05) is 6.07 Å². The molecule has 0 bridgehead atoms. The van der Waals surface area contributed by atoms with Gasteiger partial charge in [-0.1, -0.05) is 0 Å². The van der Waals surface area contributed by atoms with Crippen LogP contribution in [0, 0.1) is 0 Å². The Morgan fingerprint density at radius 1 is 1.18 bits per heavy atom. The molecule has 1 heterocycles. The van der Waals surface area contributed by atoms with Gasteiger partial charge in [-0.3, -0.25) is 0 Å². The topological polar surface area (TPSA) is 85.3 Å². The lowest BCUT2D eigenvalue weighted by molar-refractivity contribution is 0.518. The third-order valence-corrected chi connectivity index (χ3v) is 3.16. The summed E-state index contributed by atoms with van der Waals surface area (Å²) in [6, 6.07) is 9.89. The summed E-state index contributed by atoms with van der Waals surface area (Å²) in [7, 11) is -3.62. The van der Waals surface area contributed by atoms with Gasteiger partial charge in [-0.25, -0.2) is 13.6 Å². The number of sulfonamides is 1. The predicted molar refractivity (Wildman–Crippen MR) is 63.8 cm³/mol. The summed E-state index contributed by atoms with van der Waals surface area (Å²) in [6.45, 7) is 0.543. The fraction of sp³-hybridized carbons (Fsp3) is 0.0909. The van der Waals surface area contributed by atoms with Crippen molar-refractivity contribution in [2.75, 3.05) is 5.32 Å². The van der Waals surface area contributed by atoms with Crippen LogP contribution in [0.15, 0.2) is 52.0 Å². The minimum atomic E-state index is -3.62. The molecule has 2 aromatic rings. The lowest BCUT2D eigenvalue weighted by Crippen LogP contribution is -2.11. The maximum atomic E-state index is 11.0. The number of nitrogens with two attached hydrogens (primary N) is 1. The highest BCUT2D eigenvalue weighted by atomic mass is 32.2. The molecule has 17 heavy (non-hydrogen) atoms. The maximum absolute atomic E-state index is 11.0. The van der Waals surface area contributed by atoms with Crippen molar-refractivity contribution in [1.29, 1.82) is 0 Å². The van der Waals surface area contributed by atoms with E-state index in [9.17, 15) is 8.42 Å². The van der Waals surface area contributed by atoms with Crippen molar-refractivity contribution >= 4 is 15.7 Å². The van der Waals surface area contributed by atoms with Crippen LogP contribution in [0.3, 0.4) is 0 Å². The molecule has 0 spiro atoms. The lowest BCUT2D eigenvalue weighted by Gasteiger charge is -2.05. The fourth-order valence-electron chi connectivity index (χ4n) is 1.36. The van der Waals surface area contributed by atoms with Gasteiger partial charge in [0.15, 0.2) is 0 Å². The van der Waals surface area contributed by atoms with Crippen LogP contribution in [-0.2, 0) is 16.6 Å². The summed E-state index contributed by atoms with van der Waals surface area (Å²) < 4.78 is 27.2. The number of anilines is 1. The van der Waals surface area contributed by atoms with Crippen molar-refractivity contribution in [3.8, 4) is 0 Å². The van der Waals surface area contributed by atoms with Crippen molar-refractivity contribution in [3.05, 3.63) is 48.4 Å². The summed E-state index contributed by atoms with van der Waals surface area (Å²) in [4.78, 5) is 0.0982. The number of primary sulfonamides is 1. The van der Waals surface area contributed by atoms with Crippen molar-refractivity contribution in [1.82, 2.24) is 0 Å². The van der Waals surface area contributed by atoms with Gasteiger partial charge in [0.1, 0.15) is 5.76 Å². The van der Waals surface area contributed by atoms with Gasteiger partial charge in [0.2, 0.25) is 10.0 Å². The number of rotatable bonds is 4. The smallest absolute Gasteiger partial charge is 0.238 e. The Kier molecular flexibility index (Phi) is 3.16. The second-order valence-corrected chi connectivity index (χ2v) is 5.06. The zero-order valence-electron chi connectivity index (χ0n) is 8.96. The van der Waals surface area contributed by atoms with E-state index in [4.69, 9.17) is 9.56 Å². The second kappa shape index (κ2) is 4.60. The van der Waals surface area contributed by atoms with E-state index in [0.29, 0.717) is 6.54 Å². The van der Waals surface area contributed by atoms with Gasteiger partial charge in [0.25, 0.3) is 0 Å². The molecule has 3 N–H and O–H groups in total. The molecule has 0 saturated heterocycles. The SMILES string of the molecule is NS(=O)(=O)c1ccc(NCc2ccco2)cc1. The lowest BCUT2D eigenvalue weighted by atomic mass is 10.3. The molecule has 0 aliphatic heterocycles. The molecular weight excluding hydrogens is 240 g/mol. The van der Waals surface area contributed by atoms with Crippen LogP contribution in [0.4, 0.5) is 5.69 Å². The fourth-order valence-corrected chi connectivity index (χ4v) is 1.88. The molecule has 2 rings (SSSR count). The summed E-state index contributed by atoms with van der Waals surface area (Å²) in [5, 5.41) is 8.09. The molecule has 5 nitrogen and oxygen atoms in total. The number of nitrogens with one attached hydrogen (secondary N) is 1. The summed E-state index contributed by atoms with van der Waals surface area (Å²) in [6.07, 6.45) is 1.60. The monoisotopic (exact) mass is 252 g/mol. The minimum Gasteiger partial charge on any atom is -0.467 e. The molecule has 0 amide bonds. The van der Waals surface area contributed by atoms with Crippen LogP contribution in [0.2, 0.25) is 0 Å². The first-order valence-electron chi connectivity index (χ1n) is 4.95. The Hall–Kier alpha value is -1.79. The molecule has 1 aromatic heterocycles. The van der Waals surface area contributed by atoms with Crippen LogP contribution in [0.1, 0.15) is 5.76 Å². The average molecular weight is 252 g/mol. The molecule has 0 atom stereocenters. The standard InChI is InChI=1S/C11H12N2O3S/c12-17(14,15)11-5-3-9(4-6-11)13-8-10-2-1-7-16-10/h1-7,13H,8H2,(H2,12,14,15). The molecule has 0 radical (unpaired) electrons. The van der Waals surface area contributed by atoms with E-state index in [0.717, 1.165) is 11.4 Å². The van der Waals surface area contributed by atoms with E-state index < -0.39 is 10.0 Å². The highest BCUT2D eigenvalue weighted by molar-refractivity contribution is 7.89. The van der Waals surface area contributed by atoms with E-state index in [1.165, 1.54) is 12.1 Å². The Morgan fingerprint density at radius 2 is 1.88 bits per heavy atom. The van der Waals surface area contributed by atoms with Gasteiger partial charge >= 0.3 is 0 Å². The minimum absolute atomic E-state index is 0.0982. The summed E-state index contributed by atoms with van der Waals surface area (Å²) in [5.74, 6) is 0.806. The molecule has 6 heteroatoms. The van der Waals surface area contributed by atoms with Crippen LogP contribution in [0.25, 0.3) is 0 Å². The third kappa shape index (κ3) is 3.08. The van der Waals surface area contributed by atoms with E-state index in [1.54, 1.807) is 24.5 Å². The van der Waals surface area contributed by atoms with Gasteiger partial charge in [-0.15, -0.1) is 0 Å². The van der Waals surface area contributed by atoms with E-state index in [2.05, 4.69) is 5.32 Å². The molecular formula is C11H12N2O3S. The van der Waals surface area contributed by atoms with Crippen LogP contribution in [-0.4, -0.2) is 8.42 Å². The van der Waals surface area contributed by atoms with Crippen LogP contribution >= 0.6 is 0 Å². The van der Waals surface area contributed by atoms with Crippen molar-refractivity contribution in [3.63, 3.8) is 0 Å². The quantitative estimate of drug-likeness (QED) is 0.864. The maximum Gasteiger partial charge on any atom is 0.238 e. The Morgan fingerprint density at radius 3 is 2.41 bits per heavy atom. The van der Waals surface area contributed by atoms with Gasteiger partial charge in [-0.2, -0.15) is 0 Å². The first kappa shape index (κ1) is 11.7. The molecule has 1 aromatic carbocycles. The van der Waals surface area contributed by atoms with Gasteiger partial charge in [0, 0.05) is 5.69 Å². The molecule has 90 valence electrons. The number of hydrogen-bond donors (Lipinski definition) is 2. The highest BCUT2D eigenvalue weighted by Crippen LogP contribution is 2.13. The van der Waals surface area contributed by atoms with E-state index in [-0.39, 0.29) is 4.90 Å². The molecule has 0 unspecified atom stereocenters. The van der Waals surface area contributed by atoms with Crippen molar-refractivity contribution in [2.24, 2.45) is 5.14 Å². The molecule has 0 aliphatic rings. The Labute approximate surface area is 99.3 Å². The molecule has 0 saturated carbocycles. The molecule has 0 aliphatic carbocycles. The van der Waals surface area contributed by atoms with Gasteiger partial charge < -0.3 is 9.73 Å². The van der Waals surface area contributed by atoms with Gasteiger partial charge in [-0.05, 0) is 36.4 Å². The first-order valence-corrected chi connectivity index (χ1v) is 6.49. The summed E-state index contributed by atoms with van der Waals surface area (Å²) in [5.41, 5.74) is 0.800. The van der Waals surface area contributed by atoms with Crippen LogP contribution < -0.4 is 10.5 Å². The van der Waals surface area contributed by atoms with Crippen molar-refractivity contribution in [2.45, 2.75) is 11.4 Å². The van der Waals surface area contributed by atoms with Gasteiger partial charge in [0.05, 0.1) is 17.7 Å². The number of hydrogen-bond acceptors (Lipinski definition) is 4. The second-order valence-electron chi connectivity index (χ2n) is 3.50. The number of benzene rings is 1. The van der Waals surface area contributed by atoms with E-state index >= 15 is 0 Å². The summed E-state index contributed by atoms with van der Waals surface area (Å²) >= 11 is 0. The van der Waals surface area contributed by atoms with Crippen LogP contribution in [0.5, 0.6) is 0 Å². The largest absolute Gasteiger partial charge is 0.467 e. The Balaban J connectivity index is 2.04. The first-order chi connectivity index (χ1) is 8.05. The highest BCUT2D eigenvalue weighted by Gasteiger charge is 2.06. The predicted octanol–water partition coefficient (Wildman–Crippen LogP) is 1.54. The normalized spacial score (nSPS) is 11.4. The molecule has 0 fully saturated rings. The zero-order valence-corrected chi connectivity index (χ0v) is 9.78.